The van der Waals surface area contributed by atoms with Crippen molar-refractivity contribution in [3.05, 3.63) is 29.8 Å². The minimum atomic E-state index is -0.0831. The summed E-state index contributed by atoms with van der Waals surface area (Å²) in [5.74, 6) is 0.518. The Morgan fingerprint density at radius 2 is 1.86 bits per heavy atom. The van der Waals surface area contributed by atoms with Crippen molar-refractivity contribution in [3.63, 3.8) is 0 Å². The maximum Gasteiger partial charge on any atom is 0.251 e. The van der Waals surface area contributed by atoms with Gasteiger partial charge in [0.1, 0.15) is 5.75 Å². The van der Waals surface area contributed by atoms with Crippen LogP contribution >= 0.6 is 0 Å². The molecule has 2 N–H and O–H groups in total. The molecule has 2 rings (SSSR count). The van der Waals surface area contributed by atoms with Gasteiger partial charge >= 0.3 is 0 Å². The summed E-state index contributed by atoms with van der Waals surface area (Å²) in [5, 5.41) is 12.2. The van der Waals surface area contributed by atoms with Crippen LogP contribution < -0.4 is 5.32 Å². The first-order valence-corrected chi connectivity index (χ1v) is 7.52. The van der Waals surface area contributed by atoms with Gasteiger partial charge in [-0.3, -0.25) is 4.79 Å². The number of nitrogens with one attached hydrogen (secondary N) is 1. The fourth-order valence-electron chi connectivity index (χ4n) is 2.52. The quantitative estimate of drug-likeness (QED) is 0.850. The SMILES string of the molecule is C[C@@H](CNC(=O)c1ccc(O)cc1)CN1CCN(C)CC1. The molecule has 1 heterocycles. The number of aromatic hydroxyl groups is 1. The van der Waals surface area contributed by atoms with E-state index >= 15 is 0 Å². The minimum Gasteiger partial charge on any atom is -0.508 e. The lowest BCUT2D eigenvalue weighted by atomic mass is 10.1. The van der Waals surface area contributed by atoms with Crippen LogP contribution in [-0.2, 0) is 0 Å². The van der Waals surface area contributed by atoms with Gasteiger partial charge in [-0.2, -0.15) is 0 Å². The molecular weight excluding hydrogens is 266 g/mol. The Hall–Kier alpha value is -1.59. The first-order valence-electron chi connectivity index (χ1n) is 7.52. The number of phenolic OH excluding ortho intramolecular Hbond substituents is 1. The predicted molar refractivity (Wildman–Crippen MR) is 83.5 cm³/mol. The van der Waals surface area contributed by atoms with Gasteiger partial charge < -0.3 is 20.2 Å². The Morgan fingerprint density at radius 3 is 2.48 bits per heavy atom. The molecule has 116 valence electrons. The number of hydrogen-bond acceptors (Lipinski definition) is 4. The van der Waals surface area contributed by atoms with Crippen molar-refractivity contribution in [1.29, 1.82) is 0 Å². The van der Waals surface area contributed by atoms with E-state index in [9.17, 15) is 9.90 Å². The van der Waals surface area contributed by atoms with Crippen molar-refractivity contribution < 1.29 is 9.90 Å². The second kappa shape index (κ2) is 7.43. The third-order valence-electron chi connectivity index (χ3n) is 3.91. The minimum absolute atomic E-state index is 0.0831. The number of carbonyl (C=O) groups excluding carboxylic acids is 1. The molecule has 0 radical (unpaired) electrons. The molecule has 1 fully saturated rings. The molecule has 1 saturated heterocycles. The Labute approximate surface area is 126 Å². The van der Waals surface area contributed by atoms with E-state index in [1.165, 1.54) is 12.1 Å². The van der Waals surface area contributed by atoms with Crippen molar-refractivity contribution in [2.75, 3.05) is 46.3 Å². The van der Waals surface area contributed by atoms with Crippen LogP contribution in [0.15, 0.2) is 24.3 Å². The maximum atomic E-state index is 12.0. The van der Waals surface area contributed by atoms with Gasteiger partial charge in [-0.15, -0.1) is 0 Å². The standard InChI is InChI=1S/C16H25N3O2/c1-13(12-19-9-7-18(2)8-10-19)11-17-16(21)14-3-5-15(20)6-4-14/h3-6,13,20H,7-12H2,1-2H3,(H,17,21)/t13-/m0/s1. The lowest BCUT2D eigenvalue weighted by molar-refractivity contribution is 0.0937. The van der Waals surface area contributed by atoms with Crippen LogP contribution in [0.3, 0.4) is 0 Å². The van der Waals surface area contributed by atoms with E-state index < -0.39 is 0 Å². The lowest BCUT2D eigenvalue weighted by Gasteiger charge is -2.33. The average molecular weight is 291 g/mol. The number of carbonyl (C=O) groups is 1. The predicted octanol–water partition coefficient (Wildman–Crippen LogP) is 1.01. The van der Waals surface area contributed by atoms with E-state index in [-0.39, 0.29) is 11.7 Å². The number of nitrogens with zero attached hydrogens (tertiary/aromatic N) is 2. The molecule has 1 aliphatic heterocycles. The number of hydrogen-bond donors (Lipinski definition) is 2. The summed E-state index contributed by atoms with van der Waals surface area (Å²) in [6.07, 6.45) is 0. The van der Waals surface area contributed by atoms with Crippen LogP contribution in [0.5, 0.6) is 5.75 Å². The largest absolute Gasteiger partial charge is 0.508 e. The van der Waals surface area contributed by atoms with Gasteiger partial charge in [0.15, 0.2) is 0 Å². The van der Waals surface area contributed by atoms with Crippen molar-refractivity contribution in [2.24, 2.45) is 5.92 Å². The Morgan fingerprint density at radius 1 is 1.24 bits per heavy atom. The normalized spacial score (nSPS) is 18.4. The summed E-state index contributed by atoms with van der Waals surface area (Å²) < 4.78 is 0. The van der Waals surface area contributed by atoms with Gasteiger partial charge in [0.05, 0.1) is 0 Å². The zero-order chi connectivity index (χ0) is 15.2. The molecular formula is C16H25N3O2. The summed E-state index contributed by atoms with van der Waals surface area (Å²) in [6.45, 7) is 8.30. The van der Waals surface area contributed by atoms with Crippen LogP contribution in [0.2, 0.25) is 0 Å². The van der Waals surface area contributed by atoms with Crippen molar-refractivity contribution in [2.45, 2.75) is 6.92 Å². The number of phenols is 1. The average Bonchev–Trinajstić information content (AvgIpc) is 2.48. The zero-order valence-corrected chi connectivity index (χ0v) is 12.9. The summed E-state index contributed by atoms with van der Waals surface area (Å²) >= 11 is 0. The van der Waals surface area contributed by atoms with Gasteiger partial charge in [-0.05, 0) is 37.2 Å². The smallest absolute Gasteiger partial charge is 0.251 e. The van der Waals surface area contributed by atoms with Gasteiger partial charge in [0.25, 0.3) is 5.91 Å². The fourth-order valence-corrected chi connectivity index (χ4v) is 2.52. The summed E-state index contributed by atoms with van der Waals surface area (Å²) in [7, 11) is 2.15. The van der Waals surface area contributed by atoms with Crippen molar-refractivity contribution >= 4 is 5.91 Å². The van der Waals surface area contributed by atoms with Crippen LogP contribution in [0.25, 0.3) is 0 Å². The molecule has 0 spiro atoms. The van der Waals surface area contributed by atoms with E-state index in [2.05, 4.69) is 29.1 Å². The molecule has 1 aromatic rings. The Kier molecular flexibility index (Phi) is 5.59. The summed E-state index contributed by atoms with van der Waals surface area (Å²) in [5.41, 5.74) is 0.583. The number of amides is 1. The summed E-state index contributed by atoms with van der Waals surface area (Å²) in [4.78, 5) is 16.8. The highest BCUT2D eigenvalue weighted by atomic mass is 16.3. The molecule has 5 nitrogen and oxygen atoms in total. The second-order valence-electron chi connectivity index (χ2n) is 5.97. The van der Waals surface area contributed by atoms with E-state index in [1.807, 2.05) is 0 Å². The molecule has 1 aliphatic rings. The summed E-state index contributed by atoms with van der Waals surface area (Å²) in [6, 6.07) is 6.33. The molecule has 0 unspecified atom stereocenters. The third-order valence-corrected chi connectivity index (χ3v) is 3.91. The first kappa shape index (κ1) is 15.8. The number of likely N-dealkylation sites (N-methyl/N-ethyl adjacent to an activating group) is 1. The Bertz CT molecular complexity index is 453. The highest BCUT2D eigenvalue weighted by Crippen LogP contribution is 2.09. The maximum absolute atomic E-state index is 12.0. The molecule has 5 heteroatoms. The molecule has 1 amide bonds. The molecule has 21 heavy (non-hydrogen) atoms. The van der Waals surface area contributed by atoms with Crippen LogP contribution in [0.1, 0.15) is 17.3 Å². The van der Waals surface area contributed by atoms with Gasteiger partial charge in [0.2, 0.25) is 0 Å². The van der Waals surface area contributed by atoms with Crippen molar-refractivity contribution in [1.82, 2.24) is 15.1 Å². The molecule has 0 bridgehead atoms. The fraction of sp³-hybridized carbons (Fsp3) is 0.562. The molecule has 1 aromatic carbocycles. The molecule has 0 aliphatic carbocycles. The van der Waals surface area contributed by atoms with Gasteiger partial charge in [-0.1, -0.05) is 6.92 Å². The highest BCUT2D eigenvalue weighted by molar-refractivity contribution is 5.94. The van der Waals surface area contributed by atoms with Crippen LogP contribution in [0.4, 0.5) is 0 Å². The van der Waals surface area contributed by atoms with Crippen LogP contribution in [-0.4, -0.2) is 67.1 Å². The van der Waals surface area contributed by atoms with Crippen molar-refractivity contribution in [3.8, 4) is 5.75 Å². The highest BCUT2D eigenvalue weighted by Gasteiger charge is 2.16. The van der Waals surface area contributed by atoms with Crippen LogP contribution in [0, 0.1) is 5.92 Å². The van der Waals surface area contributed by atoms with E-state index in [1.54, 1.807) is 12.1 Å². The lowest BCUT2D eigenvalue weighted by Crippen LogP contribution is -2.46. The van der Waals surface area contributed by atoms with Gasteiger partial charge in [0, 0.05) is 44.8 Å². The topological polar surface area (TPSA) is 55.8 Å². The molecule has 0 saturated carbocycles. The van der Waals surface area contributed by atoms with Gasteiger partial charge in [-0.25, -0.2) is 0 Å². The number of benzene rings is 1. The Balaban J connectivity index is 1.72. The van der Waals surface area contributed by atoms with E-state index in [0.717, 1.165) is 32.7 Å². The molecule has 1 atom stereocenters. The van der Waals surface area contributed by atoms with E-state index in [0.29, 0.717) is 18.0 Å². The zero-order valence-electron chi connectivity index (χ0n) is 12.9. The third kappa shape index (κ3) is 5.02. The van der Waals surface area contributed by atoms with E-state index in [4.69, 9.17) is 0 Å². The number of piperazine rings is 1. The monoisotopic (exact) mass is 291 g/mol. The molecule has 0 aromatic heterocycles. The number of rotatable bonds is 5. The first-order chi connectivity index (χ1) is 10.0. The second-order valence-corrected chi connectivity index (χ2v) is 5.97.